The predicted molar refractivity (Wildman–Crippen MR) is 148 cm³/mol. The molecule has 4 aromatic rings. The van der Waals surface area contributed by atoms with Gasteiger partial charge in [0.05, 0.1) is 11.3 Å². The molecule has 2 aromatic heterocycles. The summed E-state index contributed by atoms with van der Waals surface area (Å²) >= 11 is 0. The van der Waals surface area contributed by atoms with Crippen LogP contribution in [0.4, 0.5) is 5.69 Å². The number of fused-ring (bicyclic) bond motifs is 2. The van der Waals surface area contributed by atoms with Crippen molar-refractivity contribution < 1.29 is 22.1 Å². The number of anilines is 1. The number of nitrogens with zero attached hydrogens (tertiary/aromatic N) is 1. The summed E-state index contributed by atoms with van der Waals surface area (Å²) in [5.41, 5.74) is 1.97. The molecule has 0 amide bonds. The fourth-order valence-corrected chi connectivity index (χ4v) is 6.45. The molecule has 0 aliphatic heterocycles. The molecule has 0 radical (unpaired) electrons. The molecule has 6 rings (SSSR count). The number of aromatic nitrogens is 1. The fourth-order valence-electron chi connectivity index (χ4n) is 5.62. The van der Waals surface area contributed by atoms with Crippen molar-refractivity contribution in [1.29, 1.82) is 0 Å². The Morgan fingerprint density at radius 3 is 2.59 bits per heavy atom. The topological polar surface area (TPSA) is 119 Å². The Labute approximate surface area is 226 Å². The molecule has 8 nitrogen and oxygen atoms in total. The lowest BCUT2D eigenvalue weighted by atomic mass is 9.85. The van der Waals surface area contributed by atoms with E-state index in [2.05, 4.69) is 9.71 Å². The first kappa shape index (κ1) is 25.4. The predicted octanol–water partition coefficient (Wildman–Crippen LogP) is 5.83. The molecule has 39 heavy (non-hydrogen) atoms. The number of hydrogen-bond acceptors (Lipinski definition) is 7. The van der Waals surface area contributed by atoms with E-state index < -0.39 is 21.8 Å². The van der Waals surface area contributed by atoms with Crippen LogP contribution in [0.3, 0.4) is 0 Å². The zero-order chi connectivity index (χ0) is 27.0. The van der Waals surface area contributed by atoms with Gasteiger partial charge in [0.2, 0.25) is 0 Å². The lowest BCUT2D eigenvalue weighted by molar-refractivity contribution is 0.382. The van der Waals surface area contributed by atoms with E-state index in [0.29, 0.717) is 29.8 Å². The van der Waals surface area contributed by atoms with Crippen LogP contribution >= 0.6 is 0 Å². The van der Waals surface area contributed by atoms with E-state index in [-0.39, 0.29) is 23.0 Å². The van der Waals surface area contributed by atoms with Crippen molar-refractivity contribution in [2.75, 3.05) is 4.72 Å². The summed E-state index contributed by atoms with van der Waals surface area (Å²) in [4.78, 5) is 17.5. The smallest absolute Gasteiger partial charge is 0.407 e. The lowest BCUT2D eigenvalue weighted by Gasteiger charge is -2.22. The number of aromatic hydroxyl groups is 1. The van der Waals surface area contributed by atoms with Crippen molar-refractivity contribution >= 4 is 26.9 Å². The number of aryl methyl sites for hydroxylation is 1. The van der Waals surface area contributed by atoms with E-state index >= 15 is 0 Å². The average Bonchev–Trinajstić information content (AvgIpc) is 3.73. The Bertz CT molecular complexity index is 1690. The molecule has 1 unspecified atom stereocenters. The first-order chi connectivity index (χ1) is 18.9. The third-order valence-corrected chi connectivity index (χ3v) is 8.47. The minimum absolute atomic E-state index is 0.0397. The molecule has 2 N–H and O–H groups in total. The number of benzene rings is 2. The molecule has 1 fully saturated rings. The summed E-state index contributed by atoms with van der Waals surface area (Å²) in [5.74, 6) is 0.519. The Morgan fingerprint density at radius 2 is 1.77 bits per heavy atom. The normalized spacial score (nSPS) is 16.6. The largest absolute Gasteiger partial charge is 0.507 e. The highest BCUT2D eigenvalue weighted by Crippen LogP contribution is 2.49. The third-order valence-electron chi connectivity index (χ3n) is 7.58. The van der Waals surface area contributed by atoms with E-state index in [1.165, 1.54) is 0 Å². The van der Waals surface area contributed by atoms with Crippen LogP contribution in [0.2, 0.25) is 0 Å². The molecule has 9 heteroatoms. The fraction of sp³-hybridized carbons (Fsp3) is 0.333. The second-order valence-electron chi connectivity index (χ2n) is 10.4. The molecule has 1 saturated carbocycles. The van der Waals surface area contributed by atoms with Gasteiger partial charge in [-0.25, -0.2) is 4.79 Å². The van der Waals surface area contributed by atoms with Gasteiger partial charge in [-0.15, -0.1) is 0 Å². The summed E-state index contributed by atoms with van der Waals surface area (Å²) in [6.45, 7) is 0. The van der Waals surface area contributed by atoms with Gasteiger partial charge in [-0.2, -0.15) is 8.42 Å². The monoisotopic (exact) mass is 546 g/mol. The minimum Gasteiger partial charge on any atom is -0.507 e. The lowest BCUT2D eigenvalue weighted by Crippen LogP contribution is -2.21. The van der Waals surface area contributed by atoms with Crippen LogP contribution in [-0.4, -0.2) is 18.5 Å². The van der Waals surface area contributed by atoms with Crippen molar-refractivity contribution in [1.82, 2.24) is 4.98 Å². The summed E-state index contributed by atoms with van der Waals surface area (Å²) in [6.07, 6.45) is 8.75. The number of pyridine rings is 1. The Morgan fingerprint density at radius 1 is 1.00 bits per heavy atom. The number of para-hydroxylation sites is 1. The highest BCUT2D eigenvalue weighted by Gasteiger charge is 2.38. The van der Waals surface area contributed by atoms with E-state index in [4.69, 9.17) is 8.60 Å². The van der Waals surface area contributed by atoms with Gasteiger partial charge in [-0.3, -0.25) is 9.71 Å². The van der Waals surface area contributed by atoms with Crippen LogP contribution in [0, 0.1) is 5.92 Å². The highest BCUT2D eigenvalue weighted by molar-refractivity contribution is 7.88. The van der Waals surface area contributed by atoms with Gasteiger partial charge < -0.3 is 13.7 Å². The zero-order valence-corrected chi connectivity index (χ0v) is 22.2. The van der Waals surface area contributed by atoms with Crippen LogP contribution in [0.15, 0.2) is 70.0 Å². The second-order valence-corrected chi connectivity index (χ2v) is 11.7. The number of hydrogen-bond donors (Lipinski definition) is 2. The zero-order valence-electron chi connectivity index (χ0n) is 21.4. The van der Waals surface area contributed by atoms with E-state index in [1.807, 2.05) is 18.2 Å². The van der Waals surface area contributed by atoms with Crippen molar-refractivity contribution in [3.05, 3.63) is 93.7 Å². The van der Waals surface area contributed by atoms with E-state index in [9.17, 15) is 18.3 Å². The summed E-state index contributed by atoms with van der Waals surface area (Å²) in [5, 5.41) is 12.1. The molecule has 0 saturated heterocycles. The van der Waals surface area contributed by atoms with Crippen molar-refractivity contribution in [2.45, 2.75) is 57.3 Å². The molecule has 2 aromatic carbocycles. The van der Waals surface area contributed by atoms with Crippen molar-refractivity contribution in [3.8, 4) is 11.5 Å². The summed E-state index contributed by atoms with van der Waals surface area (Å²) in [6, 6.07) is 15.6. The van der Waals surface area contributed by atoms with Gasteiger partial charge in [0.15, 0.2) is 5.75 Å². The standard InChI is InChI=1S/C30H30N2O6S/c33-29-23-12-3-1-2-4-13-24(23)37-30(34)27(29)26(19-15-16-19)21-9-5-11-22(18-21)32-39(35,36)38-25-14-6-8-20-10-7-17-31-28(20)25/h5-11,14,17-19,26,32-33H,1-4,12-13,15-16H2. The molecule has 0 spiro atoms. The minimum atomic E-state index is -4.25. The number of rotatable bonds is 7. The molecule has 2 aliphatic rings. The van der Waals surface area contributed by atoms with Crippen LogP contribution in [-0.2, 0) is 23.1 Å². The molecular formula is C30H30N2O6S. The van der Waals surface area contributed by atoms with E-state index in [1.54, 1.807) is 42.6 Å². The van der Waals surface area contributed by atoms with Crippen molar-refractivity contribution in [3.63, 3.8) is 0 Å². The molecule has 2 heterocycles. The first-order valence-electron chi connectivity index (χ1n) is 13.4. The van der Waals surface area contributed by atoms with Gasteiger partial charge in [0.1, 0.15) is 17.0 Å². The third kappa shape index (κ3) is 5.36. The number of nitrogens with one attached hydrogen (secondary N) is 1. The molecule has 202 valence electrons. The van der Waals surface area contributed by atoms with E-state index in [0.717, 1.165) is 55.0 Å². The molecule has 0 bridgehead atoms. The Kier molecular flexibility index (Phi) is 6.76. The van der Waals surface area contributed by atoms with Crippen LogP contribution < -0.4 is 14.5 Å². The van der Waals surface area contributed by atoms with Gasteiger partial charge in [0.25, 0.3) is 0 Å². The SMILES string of the molecule is O=c1oc2c(c(O)c1C(c1cccc(NS(=O)(=O)Oc3cccc4cccnc34)c1)C1CC1)CCCCCC2. The quantitative estimate of drug-likeness (QED) is 0.299. The second kappa shape index (κ2) is 10.4. The average molecular weight is 547 g/mol. The van der Waals surface area contributed by atoms with Gasteiger partial charge in [-0.05, 0) is 67.9 Å². The maximum atomic E-state index is 13.2. The molecular weight excluding hydrogens is 516 g/mol. The maximum absolute atomic E-state index is 13.2. The van der Waals surface area contributed by atoms with Crippen molar-refractivity contribution in [2.24, 2.45) is 5.92 Å². The highest BCUT2D eigenvalue weighted by atomic mass is 32.2. The Hall–Kier alpha value is -3.85. The van der Waals surface area contributed by atoms with Gasteiger partial charge in [-0.1, -0.05) is 43.2 Å². The van der Waals surface area contributed by atoms with Gasteiger partial charge in [0, 0.05) is 29.5 Å². The Balaban J connectivity index is 1.32. The molecule has 1 atom stereocenters. The first-order valence-corrected chi connectivity index (χ1v) is 14.8. The maximum Gasteiger partial charge on any atom is 0.407 e. The van der Waals surface area contributed by atoms with Crippen LogP contribution in [0.1, 0.15) is 66.9 Å². The van der Waals surface area contributed by atoms with Gasteiger partial charge >= 0.3 is 15.9 Å². The van der Waals surface area contributed by atoms with Crippen LogP contribution in [0.5, 0.6) is 11.5 Å². The molecule has 2 aliphatic carbocycles. The summed E-state index contributed by atoms with van der Waals surface area (Å²) in [7, 11) is -4.25. The summed E-state index contributed by atoms with van der Waals surface area (Å²) < 4.78 is 39.6. The van der Waals surface area contributed by atoms with Crippen LogP contribution in [0.25, 0.3) is 10.9 Å².